The summed E-state index contributed by atoms with van der Waals surface area (Å²) < 4.78 is 37.6. The fourth-order valence-corrected chi connectivity index (χ4v) is 2.05. The Hall–Kier alpha value is -2.65. The van der Waals surface area contributed by atoms with Crippen LogP contribution in [0, 0.1) is 11.3 Å². The number of nitrogens with zero attached hydrogens (tertiary/aromatic N) is 1. The van der Waals surface area contributed by atoms with Gasteiger partial charge in [0, 0.05) is 0 Å². The highest BCUT2D eigenvalue weighted by Gasteiger charge is 2.29. The molecule has 0 aliphatic rings. The van der Waals surface area contributed by atoms with E-state index in [9.17, 15) is 13.2 Å². The third kappa shape index (κ3) is 4.18. The summed E-state index contributed by atoms with van der Waals surface area (Å²) in [5, 5.41) is 8.90. The molecule has 2 nitrogen and oxygen atoms in total. The lowest BCUT2D eigenvalue weighted by Crippen LogP contribution is -2.09. The molecule has 0 radical (unpaired) electrons. The Balaban J connectivity index is 2.27. The number of rotatable bonds is 3. The van der Waals surface area contributed by atoms with Crippen LogP contribution in [-0.4, -0.2) is 4.99 Å². The number of nitrogens with two attached hydrogens (primary N) is 1. The standard InChI is InChI=1S/C17H11F3N2S/c18-17(19,20)15-7-5-13(6-8-15)12-3-1-11(2-4-12)9-14(10-21)16(22)23/h1-9H,(H2,22,23). The molecular weight excluding hydrogens is 321 g/mol. The van der Waals surface area contributed by atoms with Gasteiger partial charge in [-0.25, -0.2) is 0 Å². The second kappa shape index (κ2) is 6.63. The molecule has 0 bridgehead atoms. The van der Waals surface area contributed by atoms with Gasteiger partial charge in [0.2, 0.25) is 0 Å². The van der Waals surface area contributed by atoms with Crippen LogP contribution in [0.25, 0.3) is 17.2 Å². The van der Waals surface area contributed by atoms with Crippen LogP contribution in [0.2, 0.25) is 0 Å². The topological polar surface area (TPSA) is 49.8 Å². The largest absolute Gasteiger partial charge is 0.416 e. The zero-order chi connectivity index (χ0) is 17.0. The van der Waals surface area contributed by atoms with Crippen molar-refractivity contribution >= 4 is 23.3 Å². The van der Waals surface area contributed by atoms with Crippen LogP contribution >= 0.6 is 12.2 Å². The molecule has 0 atom stereocenters. The van der Waals surface area contributed by atoms with E-state index in [1.165, 1.54) is 12.1 Å². The molecule has 0 saturated carbocycles. The summed E-state index contributed by atoms with van der Waals surface area (Å²) in [7, 11) is 0. The molecule has 0 fully saturated rings. The molecule has 0 unspecified atom stereocenters. The Morgan fingerprint density at radius 2 is 1.48 bits per heavy atom. The van der Waals surface area contributed by atoms with Gasteiger partial charge in [-0.3, -0.25) is 0 Å². The van der Waals surface area contributed by atoms with Crippen LogP contribution in [0.4, 0.5) is 13.2 Å². The molecule has 0 aromatic heterocycles. The summed E-state index contributed by atoms with van der Waals surface area (Å²) in [6.07, 6.45) is -2.79. The van der Waals surface area contributed by atoms with Crippen LogP contribution in [0.15, 0.2) is 54.1 Å². The molecule has 0 aliphatic heterocycles. The van der Waals surface area contributed by atoms with E-state index in [4.69, 9.17) is 23.2 Å². The van der Waals surface area contributed by atoms with E-state index in [1.54, 1.807) is 30.3 Å². The van der Waals surface area contributed by atoms with Crippen molar-refractivity contribution in [3.05, 3.63) is 65.2 Å². The van der Waals surface area contributed by atoms with Gasteiger partial charge in [-0.2, -0.15) is 18.4 Å². The highest BCUT2D eigenvalue weighted by Crippen LogP contribution is 2.31. The minimum Gasteiger partial charge on any atom is -0.389 e. The predicted octanol–water partition coefficient (Wildman–Crippen LogP) is 4.57. The van der Waals surface area contributed by atoms with Gasteiger partial charge in [0.15, 0.2) is 0 Å². The quantitative estimate of drug-likeness (QED) is 0.509. The van der Waals surface area contributed by atoms with E-state index < -0.39 is 11.7 Å². The van der Waals surface area contributed by atoms with Crippen LogP contribution in [0.1, 0.15) is 11.1 Å². The molecule has 23 heavy (non-hydrogen) atoms. The van der Waals surface area contributed by atoms with Crippen LogP contribution in [-0.2, 0) is 6.18 Å². The van der Waals surface area contributed by atoms with Crippen molar-refractivity contribution in [3.8, 4) is 17.2 Å². The molecule has 0 aliphatic carbocycles. The first-order chi connectivity index (χ1) is 10.8. The predicted molar refractivity (Wildman–Crippen MR) is 87.3 cm³/mol. The first-order valence-corrected chi connectivity index (χ1v) is 6.91. The maximum absolute atomic E-state index is 12.5. The molecule has 0 amide bonds. The summed E-state index contributed by atoms with van der Waals surface area (Å²) in [4.78, 5) is 0.0133. The lowest BCUT2D eigenvalue weighted by atomic mass is 10.0. The molecule has 2 N–H and O–H groups in total. The number of hydrogen-bond donors (Lipinski definition) is 1. The minimum atomic E-state index is -4.35. The number of halogens is 3. The van der Waals surface area contributed by atoms with E-state index >= 15 is 0 Å². The molecule has 6 heteroatoms. The normalized spacial score (nSPS) is 11.8. The van der Waals surface area contributed by atoms with E-state index in [1.807, 2.05) is 6.07 Å². The minimum absolute atomic E-state index is 0.0133. The maximum atomic E-state index is 12.5. The van der Waals surface area contributed by atoms with Crippen molar-refractivity contribution in [2.45, 2.75) is 6.18 Å². The Kier molecular flexibility index (Phi) is 4.82. The van der Waals surface area contributed by atoms with Gasteiger partial charge >= 0.3 is 6.18 Å². The number of hydrogen-bond acceptors (Lipinski definition) is 2. The average molecular weight is 332 g/mol. The highest BCUT2D eigenvalue weighted by molar-refractivity contribution is 7.80. The zero-order valence-electron chi connectivity index (χ0n) is 11.8. The van der Waals surface area contributed by atoms with E-state index in [0.717, 1.165) is 23.3 Å². The molecule has 116 valence electrons. The van der Waals surface area contributed by atoms with Crippen molar-refractivity contribution in [2.24, 2.45) is 5.73 Å². The summed E-state index contributed by atoms with van der Waals surface area (Å²) >= 11 is 4.75. The van der Waals surface area contributed by atoms with Gasteiger partial charge in [0.1, 0.15) is 11.1 Å². The Labute approximate surface area is 136 Å². The number of benzene rings is 2. The van der Waals surface area contributed by atoms with Crippen LogP contribution in [0.5, 0.6) is 0 Å². The van der Waals surface area contributed by atoms with Gasteiger partial charge in [0.05, 0.1) is 11.1 Å². The van der Waals surface area contributed by atoms with Crippen molar-refractivity contribution in [3.63, 3.8) is 0 Å². The Morgan fingerprint density at radius 3 is 1.87 bits per heavy atom. The van der Waals surface area contributed by atoms with E-state index in [0.29, 0.717) is 5.56 Å². The third-order valence-corrected chi connectivity index (χ3v) is 3.37. The van der Waals surface area contributed by atoms with Gasteiger partial charge in [-0.1, -0.05) is 48.6 Å². The van der Waals surface area contributed by atoms with E-state index in [2.05, 4.69) is 0 Å². The second-order valence-corrected chi connectivity index (χ2v) is 5.17. The molecule has 2 rings (SSSR count). The van der Waals surface area contributed by atoms with Gasteiger partial charge in [-0.15, -0.1) is 0 Å². The molecule has 2 aromatic carbocycles. The summed E-state index contributed by atoms with van der Waals surface area (Å²) in [5.41, 5.74) is 7.09. The van der Waals surface area contributed by atoms with Gasteiger partial charge in [0.25, 0.3) is 0 Å². The third-order valence-electron chi connectivity index (χ3n) is 3.15. The zero-order valence-corrected chi connectivity index (χ0v) is 12.6. The van der Waals surface area contributed by atoms with Gasteiger partial charge in [-0.05, 0) is 34.9 Å². The maximum Gasteiger partial charge on any atom is 0.416 e. The molecule has 0 saturated heterocycles. The first-order valence-electron chi connectivity index (χ1n) is 6.50. The first kappa shape index (κ1) is 16.7. The number of alkyl halides is 3. The summed E-state index contributed by atoms with van der Waals surface area (Å²) in [6.45, 7) is 0. The lowest BCUT2D eigenvalue weighted by Gasteiger charge is -2.08. The lowest BCUT2D eigenvalue weighted by molar-refractivity contribution is -0.137. The van der Waals surface area contributed by atoms with Crippen LogP contribution in [0.3, 0.4) is 0 Å². The summed E-state index contributed by atoms with van der Waals surface area (Å²) in [6, 6.07) is 13.8. The number of nitriles is 1. The fourth-order valence-electron chi connectivity index (χ4n) is 1.95. The number of thiocarbonyl (C=S) groups is 1. The SMILES string of the molecule is N#CC(=Cc1ccc(-c2ccc(C(F)(F)F)cc2)cc1)C(N)=S. The average Bonchev–Trinajstić information content (AvgIpc) is 2.52. The van der Waals surface area contributed by atoms with Crippen molar-refractivity contribution in [2.75, 3.05) is 0 Å². The van der Waals surface area contributed by atoms with Crippen LogP contribution < -0.4 is 5.73 Å². The summed E-state index contributed by atoms with van der Waals surface area (Å²) in [5.74, 6) is 0. The highest BCUT2D eigenvalue weighted by atomic mass is 32.1. The second-order valence-electron chi connectivity index (χ2n) is 4.73. The van der Waals surface area contributed by atoms with Crippen molar-refractivity contribution in [1.82, 2.24) is 0 Å². The van der Waals surface area contributed by atoms with Crippen molar-refractivity contribution < 1.29 is 13.2 Å². The smallest absolute Gasteiger partial charge is 0.389 e. The molecule has 0 spiro atoms. The molecular formula is C17H11F3N2S. The monoisotopic (exact) mass is 332 g/mol. The van der Waals surface area contributed by atoms with Crippen molar-refractivity contribution in [1.29, 1.82) is 5.26 Å². The fraction of sp³-hybridized carbons (Fsp3) is 0.0588. The van der Waals surface area contributed by atoms with Gasteiger partial charge < -0.3 is 5.73 Å². The Bertz CT molecular complexity index is 783. The Morgan fingerprint density at radius 1 is 1.00 bits per heavy atom. The van der Waals surface area contributed by atoms with E-state index in [-0.39, 0.29) is 10.6 Å². The molecule has 2 aromatic rings. The molecule has 0 heterocycles.